The summed E-state index contributed by atoms with van der Waals surface area (Å²) in [5.74, 6) is -1.49. The van der Waals surface area contributed by atoms with Gasteiger partial charge in [0.1, 0.15) is 11.6 Å². The largest absolute Gasteiger partial charge is 0.482 e. The zero-order valence-electron chi connectivity index (χ0n) is 12.2. The average Bonchev–Trinajstić information content (AvgIpc) is 2.54. The number of esters is 1. The molecule has 0 aliphatic carbocycles. The maximum Gasteiger partial charge on any atom is 0.344 e. The monoisotopic (exact) mass is 459 g/mol. The average molecular weight is 461 g/mol. The van der Waals surface area contributed by atoms with Crippen molar-refractivity contribution in [2.24, 2.45) is 0 Å². The van der Waals surface area contributed by atoms with E-state index in [0.717, 1.165) is 10.5 Å². The number of nitrogens with one attached hydrogen (secondary N) is 1. The predicted molar refractivity (Wildman–Crippen MR) is 93.3 cm³/mol. The summed E-state index contributed by atoms with van der Waals surface area (Å²) in [6, 6.07) is 10.6. The van der Waals surface area contributed by atoms with E-state index in [1.807, 2.05) is 0 Å². The number of carbonyl (C=O) groups is 2. The molecule has 0 heterocycles. The third-order valence-corrected chi connectivity index (χ3v) is 3.87. The van der Waals surface area contributed by atoms with Crippen LogP contribution in [0.2, 0.25) is 0 Å². The molecule has 0 aliphatic rings. The first-order valence-electron chi connectivity index (χ1n) is 6.73. The summed E-state index contributed by atoms with van der Waals surface area (Å²) in [4.78, 5) is 23.3. The van der Waals surface area contributed by atoms with Crippen molar-refractivity contribution in [2.75, 3.05) is 18.5 Å². The minimum Gasteiger partial charge on any atom is -0.482 e. The lowest BCUT2D eigenvalue weighted by molar-refractivity contribution is -0.149. The lowest BCUT2D eigenvalue weighted by atomic mass is 10.3. The van der Waals surface area contributed by atoms with Crippen molar-refractivity contribution in [3.05, 3.63) is 57.2 Å². The van der Waals surface area contributed by atoms with Crippen LogP contribution in [-0.2, 0) is 14.3 Å². The molecule has 126 valence electrons. The standard InChI is InChI=1S/C16H12Br2FNO4/c17-10-4-5-14(13(18)6-10)20-15(21)8-24-16(22)9-23-12-3-1-2-11(19)7-12/h1-7H,8-9H2,(H,20,21). The Morgan fingerprint density at radius 3 is 2.58 bits per heavy atom. The van der Waals surface area contributed by atoms with E-state index in [-0.39, 0.29) is 5.75 Å². The van der Waals surface area contributed by atoms with Crippen LogP contribution in [0.3, 0.4) is 0 Å². The SMILES string of the molecule is O=C(COC(=O)COc1cccc(F)c1)Nc1ccc(Br)cc1Br. The van der Waals surface area contributed by atoms with Gasteiger partial charge in [0.25, 0.3) is 5.91 Å². The van der Waals surface area contributed by atoms with Crippen LogP contribution in [0.15, 0.2) is 51.4 Å². The number of hydrogen-bond acceptors (Lipinski definition) is 4. The van der Waals surface area contributed by atoms with Crippen molar-refractivity contribution in [1.29, 1.82) is 0 Å². The fourth-order valence-corrected chi connectivity index (χ4v) is 2.81. The van der Waals surface area contributed by atoms with Gasteiger partial charge in [-0.1, -0.05) is 22.0 Å². The zero-order valence-corrected chi connectivity index (χ0v) is 15.4. The summed E-state index contributed by atoms with van der Waals surface area (Å²) in [7, 11) is 0. The number of benzene rings is 2. The van der Waals surface area contributed by atoms with Crippen molar-refractivity contribution in [2.45, 2.75) is 0 Å². The van der Waals surface area contributed by atoms with Crippen molar-refractivity contribution in [1.82, 2.24) is 0 Å². The van der Waals surface area contributed by atoms with E-state index in [1.165, 1.54) is 18.2 Å². The van der Waals surface area contributed by atoms with Crippen LogP contribution >= 0.6 is 31.9 Å². The van der Waals surface area contributed by atoms with Gasteiger partial charge >= 0.3 is 5.97 Å². The number of anilines is 1. The number of hydrogen-bond donors (Lipinski definition) is 1. The molecule has 0 fully saturated rings. The first-order valence-corrected chi connectivity index (χ1v) is 8.31. The Bertz CT molecular complexity index is 755. The Kier molecular flexibility index (Phi) is 6.74. The molecule has 24 heavy (non-hydrogen) atoms. The molecule has 0 bridgehead atoms. The van der Waals surface area contributed by atoms with Crippen molar-refractivity contribution < 1.29 is 23.5 Å². The van der Waals surface area contributed by atoms with E-state index in [1.54, 1.807) is 18.2 Å². The van der Waals surface area contributed by atoms with Crippen LogP contribution in [-0.4, -0.2) is 25.1 Å². The lowest BCUT2D eigenvalue weighted by Gasteiger charge is -2.09. The van der Waals surface area contributed by atoms with E-state index < -0.39 is 30.9 Å². The van der Waals surface area contributed by atoms with Gasteiger partial charge in [-0.3, -0.25) is 4.79 Å². The third-order valence-electron chi connectivity index (χ3n) is 2.72. The third kappa shape index (κ3) is 5.93. The second-order valence-corrected chi connectivity index (χ2v) is 6.35. The van der Waals surface area contributed by atoms with Gasteiger partial charge in [0, 0.05) is 15.0 Å². The zero-order chi connectivity index (χ0) is 17.5. The molecule has 8 heteroatoms. The van der Waals surface area contributed by atoms with Crippen molar-refractivity contribution in [3.63, 3.8) is 0 Å². The molecule has 0 aliphatic heterocycles. The van der Waals surface area contributed by atoms with Gasteiger partial charge in [0.2, 0.25) is 0 Å². The van der Waals surface area contributed by atoms with Gasteiger partial charge in [-0.05, 0) is 46.3 Å². The number of rotatable bonds is 6. The van der Waals surface area contributed by atoms with Gasteiger partial charge in [-0.25, -0.2) is 9.18 Å². The van der Waals surface area contributed by atoms with Crippen LogP contribution in [0.1, 0.15) is 0 Å². The number of halogens is 3. The molecule has 1 N–H and O–H groups in total. The highest BCUT2D eigenvalue weighted by molar-refractivity contribution is 9.11. The summed E-state index contributed by atoms with van der Waals surface area (Å²) in [6.07, 6.45) is 0. The van der Waals surface area contributed by atoms with Crippen molar-refractivity contribution >= 4 is 49.4 Å². The molecule has 0 radical (unpaired) electrons. The Labute approximate surface area is 154 Å². The second kappa shape index (κ2) is 8.79. The predicted octanol–water partition coefficient (Wildman–Crippen LogP) is 3.91. The summed E-state index contributed by atoms with van der Waals surface area (Å²) in [5.41, 5.74) is 0.551. The highest BCUT2D eigenvalue weighted by atomic mass is 79.9. The molecule has 2 aromatic rings. The topological polar surface area (TPSA) is 64.6 Å². The van der Waals surface area contributed by atoms with E-state index in [0.29, 0.717) is 10.2 Å². The van der Waals surface area contributed by atoms with Gasteiger partial charge in [-0.15, -0.1) is 0 Å². The molecule has 0 unspecified atom stereocenters. The maximum absolute atomic E-state index is 13.0. The highest BCUT2D eigenvalue weighted by Crippen LogP contribution is 2.26. The maximum atomic E-state index is 13.0. The smallest absolute Gasteiger partial charge is 0.344 e. The van der Waals surface area contributed by atoms with Crippen molar-refractivity contribution in [3.8, 4) is 5.75 Å². The second-order valence-electron chi connectivity index (χ2n) is 4.58. The van der Waals surface area contributed by atoms with Crippen LogP contribution in [0.5, 0.6) is 5.75 Å². The first kappa shape index (κ1) is 18.4. The Morgan fingerprint density at radius 2 is 1.88 bits per heavy atom. The number of carbonyl (C=O) groups excluding carboxylic acids is 2. The van der Waals surface area contributed by atoms with E-state index in [2.05, 4.69) is 37.2 Å². The first-order chi connectivity index (χ1) is 11.4. The van der Waals surface area contributed by atoms with Crippen LogP contribution in [0.4, 0.5) is 10.1 Å². The molecule has 5 nitrogen and oxygen atoms in total. The number of ether oxygens (including phenoxy) is 2. The molecule has 0 spiro atoms. The minimum atomic E-state index is -0.732. The molecule has 2 aromatic carbocycles. The molecule has 2 rings (SSSR count). The van der Waals surface area contributed by atoms with E-state index >= 15 is 0 Å². The highest BCUT2D eigenvalue weighted by Gasteiger charge is 2.10. The van der Waals surface area contributed by atoms with Gasteiger partial charge in [0.05, 0.1) is 5.69 Å². The molecule has 1 amide bonds. The molecule has 0 aromatic heterocycles. The summed E-state index contributed by atoms with van der Waals surface area (Å²) in [5, 5.41) is 2.60. The summed E-state index contributed by atoms with van der Waals surface area (Å²) in [6.45, 7) is -0.868. The fraction of sp³-hybridized carbons (Fsp3) is 0.125. The molecule has 0 saturated heterocycles. The summed E-state index contributed by atoms with van der Waals surface area (Å²) >= 11 is 6.61. The van der Waals surface area contributed by atoms with Gasteiger partial charge in [0.15, 0.2) is 13.2 Å². The molecule has 0 saturated carbocycles. The Hall–Kier alpha value is -1.93. The van der Waals surface area contributed by atoms with E-state index in [4.69, 9.17) is 9.47 Å². The quantitative estimate of drug-likeness (QED) is 0.663. The van der Waals surface area contributed by atoms with Crippen LogP contribution in [0, 0.1) is 5.82 Å². The number of amides is 1. The molecule has 0 atom stereocenters. The fourth-order valence-electron chi connectivity index (χ4n) is 1.66. The van der Waals surface area contributed by atoms with Gasteiger partial charge in [-0.2, -0.15) is 0 Å². The minimum absolute atomic E-state index is 0.204. The summed E-state index contributed by atoms with van der Waals surface area (Å²) < 4.78 is 24.4. The Morgan fingerprint density at radius 1 is 1.08 bits per heavy atom. The van der Waals surface area contributed by atoms with E-state index in [9.17, 15) is 14.0 Å². The molecular formula is C16H12Br2FNO4. The van der Waals surface area contributed by atoms with Crippen LogP contribution in [0.25, 0.3) is 0 Å². The lowest BCUT2D eigenvalue weighted by Crippen LogP contribution is -2.23. The van der Waals surface area contributed by atoms with Gasteiger partial charge < -0.3 is 14.8 Å². The normalized spacial score (nSPS) is 10.1. The van der Waals surface area contributed by atoms with Crippen LogP contribution < -0.4 is 10.1 Å². The Balaban J connectivity index is 1.75. The molecular weight excluding hydrogens is 449 g/mol.